The van der Waals surface area contributed by atoms with Gasteiger partial charge in [-0.25, -0.2) is 0 Å². The molecule has 0 saturated heterocycles. The van der Waals surface area contributed by atoms with Gasteiger partial charge in [-0.1, -0.05) is 34.6 Å². The van der Waals surface area contributed by atoms with E-state index in [1.165, 1.54) is 0 Å². The van der Waals surface area contributed by atoms with E-state index < -0.39 is 0 Å². The summed E-state index contributed by atoms with van der Waals surface area (Å²) < 4.78 is 0. The van der Waals surface area contributed by atoms with Crippen LogP contribution in [0.15, 0.2) is 0 Å². The van der Waals surface area contributed by atoms with Crippen LogP contribution in [0.2, 0.25) is 0 Å². The minimum Gasteiger partial charge on any atom is -1.00 e. The molecule has 0 aliphatic heterocycles. The van der Waals surface area contributed by atoms with Gasteiger partial charge in [0.25, 0.3) is 0 Å². The molecule has 17 heavy (non-hydrogen) atoms. The van der Waals surface area contributed by atoms with Gasteiger partial charge in [0.15, 0.2) is 0 Å². The largest absolute Gasteiger partial charge is 5.00 e. The van der Waals surface area contributed by atoms with Crippen molar-refractivity contribution in [3.8, 4) is 0 Å². The summed E-state index contributed by atoms with van der Waals surface area (Å²) in [7, 11) is 0. The molecule has 0 radical (unpaired) electrons. The van der Waals surface area contributed by atoms with Crippen molar-refractivity contribution in [1.29, 1.82) is 0 Å². The molecule has 0 N–H and O–H groups in total. The maximum absolute atomic E-state index is 8.93. The average molecular weight is 326 g/mol. The Kier molecular flexibility index (Phi) is 299. The fourth-order valence-electron chi connectivity index (χ4n) is 0. The van der Waals surface area contributed by atoms with Crippen molar-refractivity contribution in [3.05, 3.63) is 0 Å². The fourth-order valence-corrected chi connectivity index (χ4v) is 0. The van der Waals surface area contributed by atoms with Crippen LogP contribution in [-0.2, 0) is 22.4 Å². The summed E-state index contributed by atoms with van der Waals surface area (Å²) in [5.74, 6) is 0. The first-order chi connectivity index (χ1) is 7.07. The Bertz CT molecular complexity index is 41.8. The zero-order valence-corrected chi connectivity index (χ0v) is 14.2. The van der Waals surface area contributed by atoms with E-state index in [4.69, 9.17) is 25.5 Å². The summed E-state index contributed by atoms with van der Waals surface area (Å²) in [6, 6.07) is 0. The molecule has 0 spiro atoms. The van der Waals surface area contributed by atoms with Crippen molar-refractivity contribution in [3.63, 3.8) is 0 Å². The van der Waals surface area contributed by atoms with Crippen LogP contribution in [0, 0.1) is 0 Å². The van der Waals surface area contributed by atoms with Crippen molar-refractivity contribution >= 4 is 0 Å². The van der Waals surface area contributed by atoms with Gasteiger partial charge in [0.2, 0.25) is 0 Å². The van der Waals surface area contributed by atoms with Crippen molar-refractivity contribution in [2.24, 2.45) is 0 Å². The van der Waals surface area contributed by atoms with Gasteiger partial charge in [-0.15, -0.1) is 33.0 Å². The van der Waals surface area contributed by atoms with E-state index >= 15 is 0 Å². The van der Waals surface area contributed by atoms with E-state index in [1.807, 2.05) is 0 Å². The van der Waals surface area contributed by atoms with E-state index in [0.29, 0.717) is 0 Å². The third-order valence-electron chi connectivity index (χ3n) is 0. The summed E-state index contributed by atoms with van der Waals surface area (Å²) in [5, 5.41) is 44.7. The summed E-state index contributed by atoms with van der Waals surface area (Å²) in [6.45, 7) is 7.85. The van der Waals surface area contributed by atoms with E-state index in [2.05, 4.69) is 0 Å². The minimum atomic E-state index is 0. The first kappa shape index (κ1) is 42.9. The molecule has 0 fully saturated rings. The van der Waals surface area contributed by atoms with Crippen LogP contribution in [0.4, 0.5) is 0 Å². The fraction of sp³-hybridized carbons (Fsp3) is 1.00. The predicted octanol–water partition coefficient (Wildman–Crippen LogP) is -6.05. The Morgan fingerprint density at radius 1 is 0.529 bits per heavy atom. The van der Waals surface area contributed by atoms with Crippen molar-refractivity contribution in [1.82, 2.24) is 0 Å². The molecule has 0 saturated carbocycles. The second kappa shape index (κ2) is 118. The molecule has 0 aromatic rings. The maximum Gasteiger partial charge on any atom is 5.00 e. The molecule has 0 amide bonds. The van der Waals surface area contributed by atoms with Gasteiger partial charge in [-0.2, -0.15) is 0 Å². The quantitative estimate of drug-likeness (QED) is 0.411. The zero-order valence-electron chi connectivity index (χ0n) is 13.0. The van der Waals surface area contributed by atoms with Gasteiger partial charge < -0.3 is 27.0 Å². The van der Waals surface area contributed by atoms with Crippen LogP contribution in [0.3, 0.4) is 0 Å². The zero-order chi connectivity index (χ0) is 13.5. The monoisotopic (exact) mass is 326 g/mol. The van der Waals surface area contributed by atoms with Gasteiger partial charge in [0.05, 0.1) is 0 Å². The van der Waals surface area contributed by atoms with Gasteiger partial charge in [0.1, 0.15) is 0 Å². The molecule has 7 heteroatoms. The molecular formula is C10H26LiNbO5. The molecular weight excluding hydrogens is 300 g/mol. The summed E-state index contributed by atoms with van der Waals surface area (Å²) >= 11 is 0. The molecule has 0 unspecified atom stereocenters. The van der Waals surface area contributed by atoms with Gasteiger partial charge in [0, 0.05) is 0 Å². The average Bonchev–Trinajstić information content (AvgIpc) is 2.09. The van der Waals surface area contributed by atoms with Crippen LogP contribution in [0.25, 0.3) is 0 Å². The maximum atomic E-state index is 8.93. The van der Waals surface area contributed by atoms with E-state index in [1.54, 1.807) is 34.6 Å². The number of hydrogen-bond donors (Lipinski definition) is 0. The Hall–Kier alpha value is 1.14. The molecule has 0 aromatic heterocycles. The van der Waals surface area contributed by atoms with E-state index in [0.717, 1.165) is 0 Å². The van der Waals surface area contributed by atoms with Crippen molar-refractivity contribution in [2.45, 2.75) is 34.6 Å². The van der Waals surface area contributed by atoms with Gasteiger partial charge in [-0.3, -0.25) is 0 Å². The molecule has 0 aromatic carbocycles. The third kappa shape index (κ3) is 3030. The standard InChI is InChI=1S/5C2H5O.Li.Nb.H/c5*1-2-3;;;/h5*2H2,1H3;;;/q5*-1;+1;+5;-1. The van der Waals surface area contributed by atoms with Crippen LogP contribution in [0.1, 0.15) is 36.0 Å². The molecule has 0 aliphatic rings. The molecule has 102 valence electrons. The molecule has 0 rings (SSSR count). The predicted molar refractivity (Wildman–Crippen MR) is 53.8 cm³/mol. The summed E-state index contributed by atoms with van der Waals surface area (Å²) in [4.78, 5) is 0. The topological polar surface area (TPSA) is 115 Å². The smallest absolute Gasteiger partial charge is 1.00 e. The van der Waals surface area contributed by atoms with Crippen LogP contribution in [0.5, 0.6) is 0 Å². The Morgan fingerprint density at radius 2 is 0.529 bits per heavy atom. The van der Waals surface area contributed by atoms with Crippen LogP contribution in [-0.4, -0.2) is 33.0 Å². The van der Waals surface area contributed by atoms with Crippen LogP contribution >= 0.6 is 0 Å². The first-order valence-electron chi connectivity index (χ1n) is 4.98. The minimum absolute atomic E-state index is 0. The Labute approximate surface area is 135 Å². The number of hydrogen-bond acceptors (Lipinski definition) is 5. The molecule has 0 bridgehead atoms. The second-order valence-corrected chi connectivity index (χ2v) is 1.44. The molecule has 0 aliphatic carbocycles. The van der Waals surface area contributed by atoms with Crippen molar-refractivity contribution < 1.29 is 68.2 Å². The van der Waals surface area contributed by atoms with E-state index in [-0.39, 0.29) is 75.7 Å². The molecule has 0 atom stereocenters. The van der Waals surface area contributed by atoms with Crippen LogP contribution < -0.4 is 44.4 Å². The van der Waals surface area contributed by atoms with Crippen molar-refractivity contribution in [2.75, 3.05) is 33.0 Å². The summed E-state index contributed by atoms with van der Waals surface area (Å²) in [5.41, 5.74) is 0. The first-order valence-corrected chi connectivity index (χ1v) is 4.98. The Morgan fingerprint density at radius 3 is 0.529 bits per heavy atom. The Balaban J connectivity index is -0.0000000111. The van der Waals surface area contributed by atoms with Gasteiger partial charge in [-0.05, 0) is 0 Å². The van der Waals surface area contributed by atoms with Gasteiger partial charge >= 0.3 is 41.2 Å². The summed E-state index contributed by atoms with van der Waals surface area (Å²) in [6.07, 6.45) is 0. The SMILES string of the molecule is CC[O-].CC[O-].CC[O-].CC[O-].CC[O-].[H-].[Li+].[Nb+5]. The molecule has 0 heterocycles. The van der Waals surface area contributed by atoms with E-state index in [9.17, 15) is 0 Å². The second-order valence-electron chi connectivity index (χ2n) is 1.44. The normalized spacial score (nSPS) is 5.29. The molecule has 5 nitrogen and oxygen atoms in total. The number of rotatable bonds is 0. The third-order valence-corrected chi connectivity index (χ3v) is 0.